The molecule has 2 aliphatic heterocycles. The fraction of sp³-hybridized carbons (Fsp3) is 0.682. The number of carbonyl (C=O) groups is 1. The highest BCUT2D eigenvalue weighted by Crippen LogP contribution is 2.63. The van der Waals surface area contributed by atoms with Gasteiger partial charge in [0, 0.05) is 30.0 Å². The summed E-state index contributed by atoms with van der Waals surface area (Å²) in [6.45, 7) is 4.57. The number of rotatable bonds is 3. The molecule has 5 aliphatic rings. The third-order valence-electron chi connectivity index (χ3n) is 7.97. The van der Waals surface area contributed by atoms with Crippen molar-refractivity contribution in [1.82, 2.24) is 4.90 Å². The maximum atomic E-state index is 12.9. The van der Waals surface area contributed by atoms with Crippen molar-refractivity contribution < 1.29 is 14.3 Å². The van der Waals surface area contributed by atoms with Crippen LogP contribution in [0.1, 0.15) is 48.8 Å². The van der Waals surface area contributed by atoms with E-state index in [0.29, 0.717) is 24.2 Å². The topological polar surface area (TPSA) is 38.8 Å². The maximum Gasteiger partial charge on any atom is 0.174 e. The van der Waals surface area contributed by atoms with E-state index in [4.69, 9.17) is 9.47 Å². The van der Waals surface area contributed by atoms with E-state index in [-0.39, 0.29) is 11.5 Å². The Morgan fingerprint density at radius 3 is 2.96 bits per heavy atom. The molecule has 3 aliphatic carbocycles. The summed E-state index contributed by atoms with van der Waals surface area (Å²) in [4.78, 5) is 15.7. The van der Waals surface area contributed by atoms with Crippen LogP contribution in [0.15, 0.2) is 6.07 Å². The van der Waals surface area contributed by atoms with Gasteiger partial charge < -0.3 is 9.47 Å². The second kappa shape index (κ2) is 5.03. The highest BCUT2D eigenvalue weighted by Gasteiger charge is 2.66. The SMILES string of the molecule is COc1cc(C)c2c3c1OC1C(=O)CCC4C(C2)N(CC2CC2)CCC314. The molecule has 3 fully saturated rings. The van der Waals surface area contributed by atoms with E-state index < -0.39 is 0 Å². The Balaban J connectivity index is 1.56. The van der Waals surface area contributed by atoms with Gasteiger partial charge in [-0.1, -0.05) is 0 Å². The lowest BCUT2D eigenvalue weighted by molar-refractivity contribution is -0.138. The van der Waals surface area contributed by atoms with Crippen molar-refractivity contribution in [1.29, 1.82) is 0 Å². The zero-order valence-electron chi connectivity index (χ0n) is 15.7. The first-order valence-electron chi connectivity index (χ1n) is 10.3. The van der Waals surface area contributed by atoms with Crippen molar-refractivity contribution in [3.05, 3.63) is 22.8 Å². The number of nitrogens with zero attached hydrogens (tertiary/aromatic N) is 1. The Morgan fingerprint density at radius 2 is 2.19 bits per heavy atom. The molecule has 1 spiro atoms. The van der Waals surface area contributed by atoms with Crippen LogP contribution >= 0.6 is 0 Å². The van der Waals surface area contributed by atoms with E-state index >= 15 is 0 Å². The van der Waals surface area contributed by atoms with Gasteiger partial charge in [-0.3, -0.25) is 9.69 Å². The number of benzene rings is 1. The summed E-state index contributed by atoms with van der Waals surface area (Å²) >= 11 is 0. The minimum absolute atomic E-state index is 0.0950. The number of ether oxygens (including phenoxy) is 2. The molecule has 2 heterocycles. The summed E-state index contributed by atoms with van der Waals surface area (Å²) in [5, 5.41) is 0. The number of piperidine rings is 1. The van der Waals surface area contributed by atoms with Crippen LogP contribution in [-0.2, 0) is 16.6 Å². The van der Waals surface area contributed by atoms with Gasteiger partial charge in [0.15, 0.2) is 23.4 Å². The largest absolute Gasteiger partial charge is 0.493 e. The first-order chi connectivity index (χ1) is 12.6. The van der Waals surface area contributed by atoms with Crippen molar-refractivity contribution in [2.24, 2.45) is 11.8 Å². The lowest BCUT2D eigenvalue weighted by Gasteiger charge is -2.58. The predicted octanol–water partition coefficient (Wildman–Crippen LogP) is 3.02. The van der Waals surface area contributed by atoms with E-state index in [2.05, 4.69) is 17.9 Å². The number of methoxy groups -OCH3 is 1. The molecule has 0 amide bonds. The Labute approximate surface area is 154 Å². The fourth-order valence-corrected chi connectivity index (χ4v) is 6.67. The molecule has 4 heteroatoms. The zero-order valence-corrected chi connectivity index (χ0v) is 15.7. The Morgan fingerprint density at radius 1 is 1.35 bits per heavy atom. The summed E-state index contributed by atoms with van der Waals surface area (Å²) in [5.41, 5.74) is 4.00. The zero-order chi connectivity index (χ0) is 17.6. The Kier molecular flexibility index (Phi) is 3.00. The summed E-state index contributed by atoms with van der Waals surface area (Å²) in [6.07, 6.45) is 6.40. The fourth-order valence-electron chi connectivity index (χ4n) is 6.67. The molecule has 26 heavy (non-hydrogen) atoms. The molecule has 0 N–H and O–H groups in total. The van der Waals surface area contributed by atoms with Gasteiger partial charge in [-0.25, -0.2) is 0 Å². The Bertz CT molecular complexity index is 814. The normalized spacial score (nSPS) is 37.3. The molecule has 4 atom stereocenters. The molecule has 4 unspecified atom stereocenters. The predicted molar refractivity (Wildman–Crippen MR) is 98.0 cm³/mol. The molecule has 0 aromatic heterocycles. The molecule has 1 saturated heterocycles. The second-order valence-electron chi connectivity index (χ2n) is 9.19. The minimum Gasteiger partial charge on any atom is -0.493 e. The van der Waals surface area contributed by atoms with Crippen LogP contribution in [-0.4, -0.2) is 43.0 Å². The molecule has 1 aromatic rings. The monoisotopic (exact) mass is 353 g/mol. The summed E-state index contributed by atoms with van der Waals surface area (Å²) in [6, 6.07) is 2.70. The van der Waals surface area contributed by atoms with Gasteiger partial charge >= 0.3 is 0 Å². The molecule has 4 nitrogen and oxygen atoms in total. The van der Waals surface area contributed by atoms with Crippen LogP contribution in [0.2, 0.25) is 0 Å². The molecule has 6 rings (SSSR count). The van der Waals surface area contributed by atoms with Crippen LogP contribution in [0.4, 0.5) is 0 Å². The molecule has 138 valence electrons. The van der Waals surface area contributed by atoms with Crippen molar-refractivity contribution in [3.63, 3.8) is 0 Å². The lowest BCUT2D eigenvalue weighted by atomic mass is 9.51. The number of carbonyl (C=O) groups excluding carboxylic acids is 1. The van der Waals surface area contributed by atoms with E-state index in [1.165, 1.54) is 36.1 Å². The van der Waals surface area contributed by atoms with Crippen LogP contribution < -0.4 is 9.47 Å². The Hall–Kier alpha value is -1.55. The molecular formula is C22H27NO3. The molecular weight excluding hydrogens is 326 g/mol. The molecule has 0 radical (unpaired) electrons. The van der Waals surface area contributed by atoms with E-state index in [1.807, 2.05) is 0 Å². The van der Waals surface area contributed by atoms with Gasteiger partial charge in [0.25, 0.3) is 0 Å². The number of ketones is 1. The van der Waals surface area contributed by atoms with Gasteiger partial charge in [-0.2, -0.15) is 0 Å². The third kappa shape index (κ3) is 1.77. The molecule has 2 saturated carbocycles. The summed E-state index contributed by atoms with van der Waals surface area (Å²) < 4.78 is 12.1. The highest BCUT2D eigenvalue weighted by atomic mass is 16.5. The van der Waals surface area contributed by atoms with Crippen molar-refractivity contribution in [2.75, 3.05) is 20.2 Å². The lowest BCUT2D eigenvalue weighted by Crippen LogP contribution is -2.66. The van der Waals surface area contributed by atoms with Crippen LogP contribution in [0.5, 0.6) is 11.5 Å². The number of aryl methyl sites for hydroxylation is 1. The first kappa shape index (κ1) is 15.5. The maximum absolute atomic E-state index is 12.9. The number of likely N-dealkylation sites (tertiary alicyclic amines) is 1. The minimum atomic E-state index is -0.281. The van der Waals surface area contributed by atoms with Crippen molar-refractivity contribution in [3.8, 4) is 11.5 Å². The first-order valence-corrected chi connectivity index (χ1v) is 10.3. The van der Waals surface area contributed by atoms with Gasteiger partial charge in [0.2, 0.25) is 0 Å². The number of hydrogen-bond acceptors (Lipinski definition) is 4. The van der Waals surface area contributed by atoms with Crippen LogP contribution in [0.25, 0.3) is 0 Å². The highest BCUT2D eigenvalue weighted by molar-refractivity contribution is 5.89. The average molecular weight is 353 g/mol. The number of Topliss-reactive ketones (excluding diaryl/α,β-unsaturated/α-hetero) is 1. The van der Waals surface area contributed by atoms with E-state index in [1.54, 1.807) is 7.11 Å². The smallest absolute Gasteiger partial charge is 0.174 e. The van der Waals surface area contributed by atoms with Gasteiger partial charge in [-0.05, 0) is 74.6 Å². The van der Waals surface area contributed by atoms with Crippen molar-refractivity contribution in [2.45, 2.75) is 63.0 Å². The van der Waals surface area contributed by atoms with Gasteiger partial charge in [0.1, 0.15) is 0 Å². The molecule has 1 aromatic carbocycles. The van der Waals surface area contributed by atoms with Crippen LogP contribution in [0.3, 0.4) is 0 Å². The third-order valence-corrected chi connectivity index (χ3v) is 7.97. The van der Waals surface area contributed by atoms with Gasteiger partial charge in [-0.15, -0.1) is 0 Å². The van der Waals surface area contributed by atoms with Crippen molar-refractivity contribution >= 4 is 5.78 Å². The van der Waals surface area contributed by atoms with E-state index in [0.717, 1.165) is 43.2 Å². The average Bonchev–Trinajstić information content (AvgIpc) is 3.38. The summed E-state index contributed by atoms with van der Waals surface area (Å²) in [7, 11) is 1.71. The standard InChI is InChI=1S/C22H27NO3/c1-12-9-18(25-2)20-19-14(12)10-16-15-5-6-17(24)21(26-20)22(15,19)7-8-23(16)11-13-3-4-13/h9,13,15-16,21H,3-8,10-11H2,1-2H3. The summed E-state index contributed by atoms with van der Waals surface area (Å²) in [5.74, 6) is 3.47. The molecule has 2 bridgehead atoms. The van der Waals surface area contributed by atoms with Crippen LogP contribution in [0, 0.1) is 18.8 Å². The number of hydrogen-bond donors (Lipinski definition) is 0. The second-order valence-corrected chi connectivity index (χ2v) is 9.19. The quantitative estimate of drug-likeness (QED) is 0.837. The van der Waals surface area contributed by atoms with E-state index in [9.17, 15) is 4.79 Å². The van der Waals surface area contributed by atoms with Gasteiger partial charge in [0.05, 0.1) is 7.11 Å².